The van der Waals surface area contributed by atoms with Crippen molar-refractivity contribution in [2.45, 2.75) is 25.9 Å². The molecule has 2 atom stereocenters. The van der Waals surface area contributed by atoms with Gasteiger partial charge in [0.1, 0.15) is 12.1 Å². The van der Waals surface area contributed by atoms with Crippen LogP contribution in [0.1, 0.15) is 24.2 Å². The number of nitrogens with two attached hydrogens (primary N) is 1. The first-order chi connectivity index (χ1) is 11.4. The predicted molar refractivity (Wildman–Crippen MR) is 95.7 cm³/mol. The average molecular weight is 374 g/mol. The van der Waals surface area contributed by atoms with Crippen LogP contribution in [0.3, 0.4) is 0 Å². The molecule has 0 aliphatic heterocycles. The van der Waals surface area contributed by atoms with E-state index in [1.54, 1.807) is 26.0 Å². The number of anilines is 1. The number of benzene rings is 1. The number of nitrogens with one attached hydrogen (secondary N) is 2. The van der Waals surface area contributed by atoms with E-state index in [1.807, 2.05) is 0 Å². The van der Waals surface area contributed by atoms with Crippen LogP contribution in [0, 0.1) is 0 Å². The molecule has 8 nitrogen and oxygen atoms in total. The van der Waals surface area contributed by atoms with Crippen molar-refractivity contribution in [3.63, 3.8) is 0 Å². The Morgan fingerprint density at radius 3 is 2.32 bits per heavy atom. The first-order valence-electron chi connectivity index (χ1n) is 7.52. The maximum Gasteiger partial charge on any atom is 0.328 e. The third kappa shape index (κ3) is 7.51. The highest BCUT2D eigenvalue weighted by Gasteiger charge is 2.18. The molecule has 140 valence electrons. The van der Waals surface area contributed by atoms with Gasteiger partial charge in [-0.15, -0.1) is 12.4 Å². The lowest BCUT2D eigenvalue weighted by atomic mass is 10.1. The molecule has 0 heterocycles. The van der Waals surface area contributed by atoms with E-state index in [9.17, 15) is 14.4 Å². The van der Waals surface area contributed by atoms with Gasteiger partial charge in [0.15, 0.2) is 0 Å². The van der Waals surface area contributed by atoms with Gasteiger partial charge in [-0.25, -0.2) is 4.79 Å². The highest BCUT2D eigenvalue weighted by molar-refractivity contribution is 5.98. The summed E-state index contributed by atoms with van der Waals surface area (Å²) in [6.45, 7) is 3.59. The largest absolute Gasteiger partial charge is 0.464 e. The minimum absolute atomic E-state index is 0. The fourth-order valence-corrected chi connectivity index (χ4v) is 1.80. The smallest absolute Gasteiger partial charge is 0.328 e. The Morgan fingerprint density at radius 1 is 1.20 bits per heavy atom. The Labute approximate surface area is 152 Å². The SMILES string of the molecule is CCOC(=O)C(C)NC(=O)c1ccc(NC(=O)C(N)COC)cc1.Cl. The standard InChI is InChI=1S/C16H23N3O5.ClH/c1-4-24-16(22)10(2)18-14(20)11-5-7-12(8-6-11)19-15(21)13(17)9-23-3;/h5-8,10,13H,4,9,17H2,1-3H3,(H,18,20)(H,19,21);1H. The molecule has 2 unspecified atom stereocenters. The Kier molecular flexibility index (Phi) is 10.4. The summed E-state index contributed by atoms with van der Waals surface area (Å²) in [6.07, 6.45) is 0. The summed E-state index contributed by atoms with van der Waals surface area (Å²) >= 11 is 0. The Balaban J connectivity index is 0.00000576. The summed E-state index contributed by atoms with van der Waals surface area (Å²) in [5.41, 5.74) is 6.47. The van der Waals surface area contributed by atoms with Crippen molar-refractivity contribution < 1.29 is 23.9 Å². The molecule has 25 heavy (non-hydrogen) atoms. The number of esters is 1. The Hall–Kier alpha value is -2.16. The van der Waals surface area contributed by atoms with Crippen molar-refractivity contribution in [1.29, 1.82) is 0 Å². The first-order valence-corrected chi connectivity index (χ1v) is 7.52. The van der Waals surface area contributed by atoms with Gasteiger partial charge < -0.3 is 25.8 Å². The van der Waals surface area contributed by atoms with Crippen molar-refractivity contribution in [1.82, 2.24) is 5.32 Å². The van der Waals surface area contributed by atoms with E-state index in [4.69, 9.17) is 15.2 Å². The molecule has 0 saturated carbocycles. The molecule has 1 rings (SSSR count). The van der Waals surface area contributed by atoms with Crippen LogP contribution in [-0.4, -0.2) is 50.2 Å². The fraction of sp³-hybridized carbons (Fsp3) is 0.438. The average Bonchev–Trinajstić information content (AvgIpc) is 2.55. The zero-order valence-corrected chi connectivity index (χ0v) is 15.2. The zero-order valence-electron chi connectivity index (χ0n) is 14.4. The second-order valence-corrected chi connectivity index (χ2v) is 5.08. The lowest BCUT2D eigenvalue weighted by Gasteiger charge is -2.13. The molecule has 1 aromatic carbocycles. The molecule has 0 saturated heterocycles. The van der Waals surface area contributed by atoms with Crippen LogP contribution in [0.15, 0.2) is 24.3 Å². The van der Waals surface area contributed by atoms with Gasteiger partial charge in [-0.3, -0.25) is 9.59 Å². The molecule has 2 amide bonds. The van der Waals surface area contributed by atoms with Crippen LogP contribution in [0.25, 0.3) is 0 Å². The lowest BCUT2D eigenvalue weighted by molar-refractivity contribution is -0.144. The molecule has 0 fully saturated rings. The maximum absolute atomic E-state index is 12.0. The molecule has 0 aromatic heterocycles. The van der Waals surface area contributed by atoms with E-state index < -0.39 is 24.0 Å². The third-order valence-corrected chi connectivity index (χ3v) is 3.09. The summed E-state index contributed by atoms with van der Waals surface area (Å²) in [5, 5.41) is 5.16. The quantitative estimate of drug-likeness (QED) is 0.577. The number of hydrogen-bond donors (Lipinski definition) is 3. The predicted octanol–water partition coefficient (Wildman–Crippen LogP) is 0.702. The summed E-state index contributed by atoms with van der Waals surface area (Å²) in [4.78, 5) is 35.3. The summed E-state index contributed by atoms with van der Waals surface area (Å²) in [5.74, 6) is -1.30. The lowest BCUT2D eigenvalue weighted by Crippen LogP contribution is -2.39. The maximum atomic E-state index is 12.0. The van der Waals surface area contributed by atoms with Gasteiger partial charge in [-0.05, 0) is 38.1 Å². The van der Waals surface area contributed by atoms with Gasteiger partial charge in [0.25, 0.3) is 5.91 Å². The minimum atomic E-state index is -0.775. The van der Waals surface area contributed by atoms with Crippen molar-refractivity contribution in [2.75, 3.05) is 25.6 Å². The highest BCUT2D eigenvalue weighted by atomic mass is 35.5. The fourth-order valence-electron chi connectivity index (χ4n) is 1.80. The normalized spacial score (nSPS) is 12.3. The van der Waals surface area contributed by atoms with Crippen LogP contribution in [-0.2, 0) is 19.1 Å². The summed E-state index contributed by atoms with van der Waals surface area (Å²) in [6, 6.07) is 4.69. The Bertz CT molecular complexity index is 580. The van der Waals surface area contributed by atoms with Gasteiger partial charge in [0.05, 0.1) is 13.2 Å². The topological polar surface area (TPSA) is 120 Å². The molecule has 0 aliphatic rings. The van der Waals surface area contributed by atoms with Gasteiger partial charge in [0.2, 0.25) is 5.91 Å². The molecular formula is C16H24ClN3O5. The first kappa shape index (κ1) is 22.8. The van der Waals surface area contributed by atoms with Crippen LogP contribution >= 0.6 is 12.4 Å². The number of methoxy groups -OCH3 is 1. The summed E-state index contributed by atoms with van der Waals surface area (Å²) < 4.78 is 9.63. The number of rotatable bonds is 8. The van der Waals surface area contributed by atoms with E-state index in [0.29, 0.717) is 11.3 Å². The molecule has 1 aromatic rings. The van der Waals surface area contributed by atoms with Crippen molar-refractivity contribution in [2.24, 2.45) is 5.73 Å². The zero-order chi connectivity index (χ0) is 18.1. The molecule has 0 bridgehead atoms. The second-order valence-electron chi connectivity index (χ2n) is 5.08. The molecule has 4 N–H and O–H groups in total. The minimum Gasteiger partial charge on any atom is -0.464 e. The molecular weight excluding hydrogens is 350 g/mol. The van der Waals surface area contributed by atoms with E-state index in [1.165, 1.54) is 19.2 Å². The van der Waals surface area contributed by atoms with E-state index >= 15 is 0 Å². The van der Waals surface area contributed by atoms with E-state index in [2.05, 4.69) is 10.6 Å². The van der Waals surface area contributed by atoms with Gasteiger partial charge in [0, 0.05) is 18.4 Å². The van der Waals surface area contributed by atoms with Crippen LogP contribution in [0.4, 0.5) is 5.69 Å². The van der Waals surface area contributed by atoms with Gasteiger partial charge in [-0.1, -0.05) is 0 Å². The van der Waals surface area contributed by atoms with E-state index in [-0.39, 0.29) is 31.5 Å². The third-order valence-electron chi connectivity index (χ3n) is 3.09. The highest BCUT2D eigenvalue weighted by Crippen LogP contribution is 2.10. The molecule has 0 radical (unpaired) electrons. The van der Waals surface area contributed by atoms with Crippen molar-refractivity contribution in [3.05, 3.63) is 29.8 Å². The number of carbonyl (C=O) groups is 3. The molecule has 0 spiro atoms. The van der Waals surface area contributed by atoms with Crippen LogP contribution in [0.2, 0.25) is 0 Å². The summed E-state index contributed by atoms with van der Waals surface area (Å²) in [7, 11) is 1.46. The number of amides is 2. The monoisotopic (exact) mass is 373 g/mol. The Morgan fingerprint density at radius 2 is 1.80 bits per heavy atom. The van der Waals surface area contributed by atoms with Crippen LogP contribution < -0.4 is 16.4 Å². The van der Waals surface area contributed by atoms with Gasteiger partial charge >= 0.3 is 5.97 Å². The van der Waals surface area contributed by atoms with Crippen LogP contribution in [0.5, 0.6) is 0 Å². The number of halogens is 1. The number of ether oxygens (including phenoxy) is 2. The molecule has 0 aliphatic carbocycles. The van der Waals surface area contributed by atoms with Crippen molar-refractivity contribution in [3.8, 4) is 0 Å². The number of hydrogen-bond acceptors (Lipinski definition) is 6. The van der Waals surface area contributed by atoms with E-state index in [0.717, 1.165) is 0 Å². The number of carbonyl (C=O) groups excluding carboxylic acids is 3. The second kappa shape index (κ2) is 11.4. The van der Waals surface area contributed by atoms with Crippen molar-refractivity contribution >= 4 is 35.9 Å². The van der Waals surface area contributed by atoms with Gasteiger partial charge in [-0.2, -0.15) is 0 Å². The molecule has 9 heteroatoms.